The molecule has 0 spiro atoms. The minimum Gasteiger partial charge on any atom is -0.395 e. The van der Waals surface area contributed by atoms with Gasteiger partial charge < -0.3 is 10.2 Å². The number of hydrogen-bond donors (Lipinski definition) is 2. The Morgan fingerprint density at radius 1 is 1.17 bits per heavy atom. The van der Waals surface area contributed by atoms with Gasteiger partial charge in [0.05, 0.1) is 19.3 Å². The molecule has 18 heavy (non-hydrogen) atoms. The number of rotatable bonds is 8. The van der Waals surface area contributed by atoms with Crippen LogP contribution >= 0.6 is 11.8 Å². The largest absolute Gasteiger partial charge is 0.395 e. The van der Waals surface area contributed by atoms with Crippen LogP contribution in [0.2, 0.25) is 0 Å². The van der Waals surface area contributed by atoms with Crippen molar-refractivity contribution in [3.05, 3.63) is 29.8 Å². The first kappa shape index (κ1) is 15.5. The minimum atomic E-state index is -0.153. The lowest BCUT2D eigenvalue weighted by atomic mass is 10.1. The van der Waals surface area contributed by atoms with Crippen LogP contribution in [0.1, 0.15) is 12.5 Å². The quantitative estimate of drug-likeness (QED) is 0.704. The van der Waals surface area contributed by atoms with Crippen LogP contribution in [-0.4, -0.2) is 53.7 Å². The van der Waals surface area contributed by atoms with E-state index in [-0.39, 0.29) is 19.3 Å². The Balaban J connectivity index is 2.43. The molecule has 102 valence electrons. The van der Waals surface area contributed by atoms with E-state index in [1.165, 1.54) is 10.5 Å². The summed E-state index contributed by atoms with van der Waals surface area (Å²) in [7, 11) is 1.93. The predicted molar refractivity (Wildman–Crippen MR) is 77.1 cm³/mol. The zero-order valence-corrected chi connectivity index (χ0v) is 12.0. The van der Waals surface area contributed by atoms with Crippen molar-refractivity contribution in [2.45, 2.75) is 24.3 Å². The highest BCUT2D eigenvalue weighted by atomic mass is 32.2. The number of thioether (sulfide) groups is 1. The Kier molecular flexibility index (Phi) is 7.35. The summed E-state index contributed by atoms with van der Waals surface area (Å²) >= 11 is 1.84. The van der Waals surface area contributed by atoms with Crippen molar-refractivity contribution in [1.82, 2.24) is 4.90 Å². The van der Waals surface area contributed by atoms with Crippen molar-refractivity contribution in [2.75, 3.05) is 32.6 Å². The normalized spacial score (nSPS) is 11.4. The molecule has 0 fully saturated rings. The average molecular weight is 269 g/mol. The monoisotopic (exact) mass is 269 g/mol. The molecule has 0 radical (unpaired) electrons. The molecule has 0 aliphatic rings. The molecule has 0 amide bonds. The highest BCUT2D eigenvalue weighted by molar-refractivity contribution is 7.99. The van der Waals surface area contributed by atoms with Crippen LogP contribution in [0.4, 0.5) is 0 Å². The van der Waals surface area contributed by atoms with Gasteiger partial charge in [0, 0.05) is 11.4 Å². The number of benzene rings is 1. The zero-order chi connectivity index (χ0) is 13.4. The smallest absolute Gasteiger partial charge is 0.0609 e. The number of hydrogen-bond acceptors (Lipinski definition) is 4. The number of likely N-dealkylation sites (N-methyl/N-ethyl adjacent to an activating group) is 1. The third-order valence-electron chi connectivity index (χ3n) is 3.03. The Morgan fingerprint density at radius 2 is 1.78 bits per heavy atom. The van der Waals surface area contributed by atoms with Crippen molar-refractivity contribution < 1.29 is 10.2 Å². The lowest BCUT2D eigenvalue weighted by molar-refractivity contribution is 0.0925. The van der Waals surface area contributed by atoms with Crippen LogP contribution in [0.25, 0.3) is 0 Å². The average Bonchev–Trinajstić information content (AvgIpc) is 2.40. The second-order valence-electron chi connectivity index (χ2n) is 4.33. The molecule has 1 aromatic rings. The van der Waals surface area contributed by atoms with E-state index >= 15 is 0 Å². The van der Waals surface area contributed by atoms with Gasteiger partial charge in [-0.1, -0.05) is 19.1 Å². The van der Waals surface area contributed by atoms with Crippen molar-refractivity contribution in [3.8, 4) is 0 Å². The summed E-state index contributed by atoms with van der Waals surface area (Å²) in [5.41, 5.74) is 1.29. The van der Waals surface area contributed by atoms with Gasteiger partial charge >= 0.3 is 0 Å². The summed E-state index contributed by atoms with van der Waals surface area (Å²) in [5, 5.41) is 18.2. The highest BCUT2D eigenvalue weighted by Gasteiger charge is 2.11. The van der Waals surface area contributed by atoms with Crippen molar-refractivity contribution in [1.29, 1.82) is 0 Å². The summed E-state index contributed by atoms with van der Waals surface area (Å²) in [5.74, 6) is 1.09. The fraction of sp³-hybridized carbons (Fsp3) is 0.571. The Morgan fingerprint density at radius 3 is 2.28 bits per heavy atom. The van der Waals surface area contributed by atoms with Gasteiger partial charge in [0.2, 0.25) is 0 Å². The van der Waals surface area contributed by atoms with Gasteiger partial charge in [-0.3, -0.25) is 4.90 Å². The fourth-order valence-corrected chi connectivity index (χ4v) is 2.41. The molecule has 3 nitrogen and oxygen atoms in total. The van der Waals surface area contributed by atoms with Crippen molar-refractivity contribution >= 4 is 11.8 Å². The predicted octanol–water partition coefficient (Wildman–Crippen LogP) is 1.63. The number of aliphatic hydroxyl groups is 2. The van der Waals surface area contributed by atoms with Gasteiger partial charge in [-0.15, -0.1) is 11.8 Å². The molecular formula is C14H23NO2S. The lowest BCUT2D eigenvalue weighted by Crippen LogP contribution is -2.38. The molecule has 2 N–H and O–H groups in total. The first-order chi connectivity index (χ1) is 8.71. The number of nitrogens with zero attached hydrogens (tertiary/aromatic N) is 1. The van der Waals surface area contributed by atoms with Gasteiger partial charge in [0.15, 0.2) is 0 Å². The van der Waals surface area contributed by atoms with Crippen molar-refractivity contribution in [2.24, 2.45) is 0 Å². The van der Waals surface area contributed by atoms with E-state index in [0.717, 1.165) is 18.7 Å². The maximum absolute atomic E-state index is 9.08. The van der Waals surface area contributed by atoms with Crippen LogP contribution in [0.5, 0.6) is 0 Å². The summed E-state index contributed by atoms with van der Waals surface area (Å²) in [6.45, 7) is 2.99. The Hall–Kier alpha value is -0.550. The van der Waals surface area contributed by atoms with Crippen molar-refractivity contribution in [3.63, 3.8) is 0 Å². The topological polar surface area (TPSA) is 43.7 Å². The van der Waals surface area contributed by atoms with Crippen LogP contribution in [-0.2, 0) is 6.42 Å². The maximum Gasteiger partial charge on any atom is 0.0609 e. The highest BCUT2D eigenvalue weighted by Crippen LogP contribution is 2.18. The third-order valence-corrected chi connectivity index (χ3v) is 3.93. The first-order valence-electron chi connectivity index (χ1n) is 6.35. The second-order valence-corrected chi connectivity index (χ2v) is 5.66. The summed E-state index contributed by atoms with van der Waals surface area (Å²) in [6, 6.07) is 8.45. The number of aliphatic hydroxyl groups excluding tert-OH is 2. The molecule has 0 aliphatic heterocycles. The molecular weight excluding hydrogens is 246 g/mol. The standard InChI is InChI=1S/C14H23NO2S/c1-3-18-14-6-4-12(5-7-14)8-9-15(2)13(10-16)11-17/h4-7,13,16-17H,3,8-11H2,1-2H3. The molecule has 0 saturated carbocycles. The SMILES string of the molecule is CCSc1ccc(CCN(C)C(CO)CO)cc1. The molecule has 0 aromatic heterocycles. The van der Waals surface area contributed by atoms with Crippen LogP contribution in [0, 0.1) is 0 Å². The molecule has 4 heteroatoms. The lowest BCUT2D eigenvalue weighted by Gasteiger charge is -2.24. The summed E-state index contributed by atoms with van der Waals surface area (Å²) < 4.78 is 0. The molecule has 0 heterocycles. The second kappa shape index (κ2) is 8.53. The van der Waals surface area contributed by atoms with Crippen LogP contribution in [0.15, 0.2) is 29.2 Å². The van der Waals surface area contributed by atoms with Gasteiger partial charge in [-0.05, 0) is 36.9 Å². The van der Waals surface area contributed by atoms with Gasteiger partial charge in [0.25, 0.3) is 0 Å². The van der Waals surface area contributed by atoms with E-state index in [0.29, 0.717) is 0 Å². The third kappa shape index (κ3) is 4.98. The van der Waals surface area contributed by atoms with Crippen LogP contribution < -0.4 is 0 Å². The molecule has 1 aromatic carbocycles. The molecule has 0 aliphatic carbocycles. The Bertz CT molecular complexity index is 325. The van der Waals surface area contributed by atoms with E-state index in [9.17, 15) is 0 Å². The molecule has 1 rings (SSSR count). The first-order valence-corrected chi connectivity index (χ1v) is 7.33. The van der Waals surface area contributed by atoms with Gasteiger partial charge in [-0.2, -0.15) is 0 Å². The molecule has 0 bridgehead atoms. The summed E-state index contributed by atoms with van der Waals surface area (Å²) in [6.07, 6.45) is 0.935. The van der Waals surface area contributed by atoms with E-state index < -0.39 is 0 Å². The zero-order valence-electron chi connectivity index (χ0n) is 11.2. The molecule has 0 saturated heterocycles. The van der Waals surface area contributed by atoms with Gasteiger partial charge in [-0.25, -0.2) is 0 Å². The molecule has 0 unspecified atom stereocenters. The fourth-order valence-electron chi connectivity index (χ4n) is 1.74. The van der Waals surface area contributed by atoms with E-state index in [4.69, 9.17) is 10.2 Å². The van der Waals surface area contributed by atoms with E-state index in [1.807, 2.05) is 23.7 Å². The minimum absolute atomic E-state index is 0.000915. The Labute approximate surface area is 114 Å². The molecule has 0 atom stereocenters. The van der Waals surface area contributed by atoms with Crippen LogP contribution in [0.3, 0.4) is 0 Å². The van der Waals surface area contributed by atoms with Gasteiger partial charge in [0.1, 0.15) is 0 Å². The van der Waals surface area contributed by atoms with E-state index in [1.54, 1.807) is 0 Å². The maximum atomic E-state index is 9.08. The van der Waals surface area contributed by atoms with E-state index in [2.05, 4.69) is 31.2 Å². The summed E-state index contributed by atoms with van der Waals surface area (Å²) in [4.78, 5) is 3.30.